The van der Waals surface area contributed by atoms with E-state index < -0.39 is 10.0 Å². The number of hydrogen-bond donors (Lipinski definition) is 1. The Morgan fingerprint density at radius 1 is 1.17 bits per heavy atom. The molecule has 0 unspecified atom stereocenters. The van der Waals surface area contributed by atoms with Crippen LogP contribution in [0.2, 0.25) is 0 Å². The molecule has 0 aromatic heterocycles. The minimum absolute atomic E-state index is 0.131. The van der Waals surface area contributed by atoms with E-state index in [9.17, 15) is 13.2 Å². The van der Waals surface area contributed by atoms with Gasteiger partial charge in [0.25, 0.3) is 5.91 Å². The molecule has 0 aliphatic carbocycles. The van der Waals surface area contributed by atoms with Gasteiger partial charge in [-0.05, 0) is 25.0 Å². The predicted octanol–water partition coefficient (Wildman–Crippen LogP) is 0.858. The first-order valence-electron chi connectivity index (χ1n) is 7.33. The average Bonchev–Trinajstić information content (AvgIpc) is 2.52. The van der Waals surface area contributed by atoms with Crippen molar-refractivity contribution in [3.05, 3.63) is 23.8 Å². The highest BCUT2D eigenvalue weighted by Gasteiger charge is 2.28. The van der Waals surface area contributed by atoms with Crippen molar-refractivity contribution in [2.45, 2.75) is 18.9 Å². The summed E-state index contributed by atoms with van der Waals surface area (Å²) < 4.78 is 35.7. The second-order valence-electron chi connectivity index (χ2n) is 5.49. The van der Waals surface area contributed by atoms with Crippen molar-refractivity contribution in [2.75, 3.05) is 33.6 Å². The minimum Gasteiger partial charge on any atom is -0.496 e. The standard InChI is InChI=1S/C15H22N2O5S/c1-21-12-5-4-6-13(22-2)14(12)15(18)17-9-7-11(8-10-17)16-23(3,19)20/h4-6,11,16H,7-10H2,1-3H3. The monoisotopic (exact) mass is 342 g/mol. The topological polar surface area (TPSA) is 84.9 Å². The lowest BCUT2D eigenvalue weighted by molar-refractivity contribution is 0.0704. The highest BCUT2D eigenvalue weighted by Crippen LogP contribution is 2.30. The van der Waals surface area contributed by atoms with Gasteiger partial charge in [-0.25, -0.2) is 13.1 Å². The van der Waals surface area contributed by atoms with Crippen LogP contribution in [0.3, 0.4) is 0 Å². The fourth-order valence-electron chi connectivity index (χ4n) is 2.72. The van der Waals surface area contributed by atoms with E-state index in [1.165, 1.54) is 14.2 Å². The first-order chi connectivity index (χ1) is 10.9. The summed E-state index contributed by atoms with van der Waals surface area (Å²) >= 11 is 0. The van der Waals surface area contributed by atoms with Gasteiger partial charge in [0, 0.05) is 19.1 Å². The highest BCUT2D eigenvalue weighted by atomic mass is 32.2. The Hall–Kier alpha value is -1.80. The maximum absolute atomic E-state index is 12.8. The Balaban J connectivity index is 2.11. The zero-order valence-electron chi connectivity index (χ0n) is 13.5. The summed E-state index contributed by atoms with van der Waals surface area (Å²) in [7, 11) is -0.213. The molecule has 0 bridgehead atoms. The minimum atomic E-state index is -3.23. The first-order valence-corrected chi connectivity index (χ1v) is 9.22. The lowest BCUT2D eigenvalue weighted by Gasteiger charge is -2.32. The Kier molecular flexibility index (Phi) is 5.48. The van der Waals surface area contributed by atoms with E-state index in [-0.39, 0.29) is 11.9 Å². The van der Waals surface area contributed by atoms with Gasteiger partial charge in [-0.1, -0.05) is 6.07 Å². The number of methoxy groups -OCH3 is 2. The molecule has 0 saturated carbocycles. The smallest absolute Gasteiger partial charge is 0.261 e. The molecule has 128 valence electrons. The van der Waals surface area contributed by atoms with Crippen LogP contribution in [-0.2, 0) is 10.0 Å². The molecular formula is C15H22N2O5S. The molecule has 1 heterocycles. The molecule has 1 aliphatic heterocycles. The third-order valence-electron chi connectivity index (χ3n) is 3.80. The molecule has 0 spiro atoms. The molecule has 1 N–H and O–H groups in total. The summed E-state index contributed by atoms with van der Waals surface area (Å²) in [4.78, 5) is 14.5. The van der Waals surface area contributed by atoms with E-state index in [4.69, 9.17) is 9.47 Å². The van der Waals surface area contributed by atoms with Crippen molar-refractivity contribution in [3.8, 4) is 11.5 Å². The number of carbonyl (C=O) groups excluding carboxylic acids is 1. The molecular weight excluding hydrogens is 320 g/mol. The van der Waals surface area contributed by atoms with Crippen molar-refractivity contribution in [2.24, 2.45) is 0 Å². The second-order valence-corrected chi connectivity index (χ2v) is 7.27. The van der Waals surface area contributed by atoms with Crippen LogP contribution in [0.5, 0.6) is 11.5 Å². The van der Waals surface area contributed by atoms with Crippen LogP contribution >= 0.6 is 0 Å². The van der Waals surface area contributed by atoms with Crippen molar-refractivity contribution in [1.29, 1.82) is 0 Å². The third-order valence-corrected chi connectivity index (χ3v) is 4.57. The van der Waals surface area contributed by atoms with E-state index in [0.29, 0.717) is 43.0 Å². The second kappa shape index (κ2) is 7.18. The molecule has 1 amide bonds. The van der Waals surface area contributed by atoms with Gasteiger partial charge in [-0.15, -0.1) is 0 Å². The summed E-state index contributed by atoms with van der Waals surface area (Å²) in [6.45, 7) is 0.959. The molecule has 1 saturated heterocycles. The van der Waals surface area contributed by atoms with Gasteiger partial charge in [-0.3, -0.25) is 4.79 Å². The normalized spacial score (nSPS) is 16.2. The summed E-state index contributed by atoms with van der Waals surface area (Å²) in [6.07, 6.45) is 2.30. The number of nitrogens with zero attached hydrogens (tertiary/aromatic N) is 1. The van der Waals surface area contributed by atoms with Crippen LogP contribution in [-0.4, -0.2) is 58.8 Å². The largest absolute Gasteiger partial charge is 0.496 e. The Labute approximate surface area is 136 Å². The summed E-state index contributed by atoms with van der Waals surface area (Å²) in [5.74, 6) is 0.758. The number of piperidine rings is 1. The van der Waals surface area contributed by atoms with Gasteiger partial charge in [-0.2, -0.15) is 0 Å². The van der Waals surface area contributed by atoms with E-state index in [1.807, 2.05) is 0 Å². The Morgan fingerprint density at radius 2 is 1.70 bits per heavy atom. The number of sulfonamides is 1. The quantitative estimate of drug-likeness (QED) is 0.858. The first kappa shape index (κ1) is 17.6. The lowest BCUT2D eigenvalue weighted by atomic mass is 10.0. The number of ether oxygens (including phenoxy) is 2. The fourth-order valence-corrected chi connectivity index (χ4v) is 3.56. The van der Waals surface area contributed by atoms with E-state index in [1.54, 1.807) is 23.1 Å². The number of benzene rings is 1. The van der Waals surface area contributed by atoms with Crippen molar-refractivity contribution in [1.82, 2.24) is 9.62 Å². The average molecular weight is 342 g/mol. The van der Waals surface area contributed by atoms with Gasteiger partial charge in [0.15, 0.2) is 0 Å². The van der Waals surface area contributed by atoms with E-state index in [0.717, 1.165) is 6.26 Å². The van der Waals surface area contributed by atoms with Gasteiger partial charge in [0.05, 0.1) is 20.5 Å². The van der Waals surface area contributed by atoms with E-state index >= 15 is 0 Å². The van der Waals surface area contributed by atoms with Gasteiger partial charge >= 0.3 is 0 Å². The van der Waals surface area contributed by atoms with Crippen LogP contribution in [0, 0.1) is 0 Å². The number of likely N-dealkylation sites (tertiary alicyclic amines) is 1. The molecule has 1 fully saturated rings. The van der Waals surface area contributed by atoms with Gasteiger partial charge in [0.2, 0.25) is 10.0 Å². The fraction of sp³-hybridized carbons (Fsp3) is 0.533. The molecule has 1 aromatic rings. The van der Waals surface area contributed by atoms with Gasteiger partial charge < -0.3 is 14.4 Å². The number of rotatable bonds is 5. The third kappa shape index (κ3) is 4.35. The number of amides is 1. The summed E-state index contributed by atoms with van der Waals surface area (Å²) in [6, 6.07) is 5.06. The SMILES string of the molecule is COc1cccc(OC)c1C(=O)N1CCC(NS(C)(=O)=O)CC1. The predicted molar refractivity (Wildman–Crippen MR) is 86.5 cm³/mol. The zero-order valence-corrected chi connectivity index (χ0v) is 14.4. The molecule has 2 rings (SSSR count). The molecule has 0 atom stereocenters. The summed E-state index contributed by atoms with van der Waals surface area (Å²) in [5, 5.41) is 0. The van der Waals surface area contributed by atoms with Gasteiger partial charge in [0.1, 0.15) is 17.1 Å². The number of hydrogen-bond acceptors (Lipinski definition) is 5. The Bertz CT molecular complexity index is 644. The number of carbonyl (C=O) groups is 1. The molecule has 8 heteroatoms. The van der Waals surface area contributed by atoms with Crippen molar-refractivity contribution in [3.63, 3.8) is 0 Å². The van der Waals surface area contributed by atoms with Crippen LogP contribution in [0.1, 0.15) is 23.2 Å². The lowest BCUT2D eigenvalue weighted by Crippen LogP contribution is -2.46. The van der Waals surface area contributed by atoms with E-state index in [2.05, 4.69) is 4.72 Å². The Morgan fingerprint density at radius 3 is 2.13 bits per heavy atom. The van der Waals surface area contributed by atoms with Crippen molar-refractivity contribution < 1.29 is 22.7 Å². The maximum Gasteiger partial charge on any atom is 0.261 e. The molecule has 23 heavy (non-hydrogen) atoms. The molecule has 7 nitrogen and oxygen atoms in total. The molecule has 1 aromatic carbocycles. The van der Waals surface area contributed by atoms with Crippen LogP contribution in [0.25, 0.3) is 0 Å². The zero-order chi connectivity index (χ0) is 17.0. The van der Waals surface area contributed by atoms with Crippen LogP contribution in [0.15, 0.2) is 18.2 Å². The summed E-state index contributed by atoms with van der Waals surface area (Å²) in [5.41, 5.74) is 0.395. The molecule has 1 aliphatic rings. The van der Waals surface area contributed by atoms with Crippen molar-refractivity contribution >= 4 is 15.9 Å². The molecule has 0 radical (unpaired) electrons. The highest BCUT2D eigenvalue weighted by molar-refractivity contribution is 7.88. The van der Waals surface area contributed by atoms with Crippen LogP contribution < -0.4 is 14.2 Å². The maximum atomic E-state index is 12.8. The van der Waals surface area contributed by atoms with Crippen LogP contribution in [0.4, 0.5) is 0 Å². The number of nitrogens with one attached hydrogen (secondary N) is 1.